The first-order valence-electron chi connectivity index (χ1n) is 5.23. The van der Waals surface area contributed by atoms with Gasteiger partial charge in [0, 0.05) is 0 Å². The number of carbonyl (C=O) groups excluding carboxylic acids is 2. The van der Waals surface area contributed by atoms with E-state index in [1.165, 1.54) is 11.0 Å². The lowest BCUT2D eigenvalue weighted by molar-refractivity contribution is -0.116. The van der Waals surface area contributed by atoms with E-state index in [0.29, 0.717) is 11.3 Å². The first kappa shape index (κ1) is 11.7. The van der Waals surface area contributed by atoms with Crippen LogP contribution in [0, 0.1) is 23.7 Å². The van der Waals surface area contributed by atoms with Crippen LogP contribution in [-0.2, 0) is 4.79 Å². The standard InChI is InChI=1S/C13H9N3O2/c1-2-6-15-9-12(17)16(13(15)18)11-5-3-4-10(7-11)8-14/h1,3-5,7H,6,9H2. The van der Waals surface area contributed by atoms with Crippen LogP contribution in [0.15, 0.2) is 24.3 Å². The first-order valence-corrected chi connectivity index (χ1v) is 5.23. The van der Waals surface area contributed by atoms with E-state index < -0.39 is 6.03 Å². The zero-order valence-electron chi connectivity index (χ0n) is 9.46. The van der Waals surface area contributed by atoms with E-state index in [2.05, 4.69) is 5.92 Å². The number of hydrogen-bond acceptors (Lipinski definition) is 3. The van der Waals surface area contributed by atoms with Gasteiger partial charge in [0.25, 0.3) is 5.91 Å². The Morgan fingerprint density at radius 3 is 2.83 bits per heavy atom. The summed E-state index contributed by atoms with van der Waals surface area (Å²) in [6.07, 6.45) is 5.13. The first-order chi connectivity index (χ1) is 8.67. The molecular formula is C13H9N3O2. The lowest BCUT2D eigenvalue weighted by Gasteiger charge is -2.15. The Bertz CT molecular complexity index is 595. The molecule has 0 atom stereocenters. The highest BCUT2D eigenvalue weighted by Gasteiger charge is 2.36. The molecule has 5 heteroatoms. The largest absolute Gasteiger partial charge is 0.332 e. The number of nitriles is 1. The summed E-state index contributed by atoms with van der Waals surface area (Å²) < 4.78 is 0. The van der Waals surface area contributed by atoms with Crippen molar-refractivity contribution in [3.8, 4) is 18.4 Å². The number of benzene rings is 1. The van der Waals surface area contributed by atoms with Gasteiger partial charge in [-0.1, -0.05) is 12.0 Å². The molecule has 5 nitrogen and oxygen atoms in total. The molecule has 1 aromatic carbocycles. The van der Waals surface area contributed by atoms with Crippen molar-refractivity contribution < 1.29 is 9.59 Å². The summed E-state index contributed by atoms with van der Waals surface area (Å²) in [6, 6.07) is 7.84. The number of anilines is 1. The van der Waals surface area contributed by atoms with Crippen LogP contribution in [0.1, 0.15) is 5.56 Å². The van der Waals surface area contributed by atoms with Crippen molar-refractivity contribution in [2.24, 2.45) is 0 Å². The Labute approximate surface area is 104 Å². The van der Waals surface area contributed by atoms with E-state index in [-0.39, 0.29) is 19.0 Å². The maximum Gasteiger partial charge on any atom is 0.332 e. The van der Waals surface area contributed by atoms with Gasteiger partial charge in [-0.2, -0.15) is 5.26 Å². The summed E-state index contributed by atoms with van der Waals surface area (Å²) in [4.78, 5) is 26.1. The number of carbonyl (C=O) groups is 2. The molecule has 0 N–H and O–H groups in total. The van der Waals surface area contributed by atoms with Crippen molar-refractivity contribution in [1.29, 1.82) is 5.26 Å². The van der Waals surface area contributed by atoms with E-state index in [1.54, 1.807) is 18.2 Å². The molecule has 0 aliphatic carbocycles. The molecule has 1 aliphatic rings. The zero-order valence-corrected chi connectivity index (χ0v) is 9.46. The minimum absolute atomic E-state index is 0.0280. The summed E-state index contributed by atoms with van der Waals surface area (Å²) in [5, 5.41) is 8.80. The zero-order chi connectivity index (χ0) is 13.1. The fourth-order valence-electron chi connectivity index (χ4n) is 1.75. The molecule has 88 valence electrons. The van der Waals surface area contributed by atoms with Crippen molar-refractivity contribution in [2.75, 3.05) is 18.0 Å². The fraction of sp³-hybridized carbons (Fsp3) is 0.154. The molecular weight excluding hydrogens is 230 g/mol. The smallest absolute Gasteiger partial charge is 0.303 e. The molecule has 0 bridgehead atoms. The molecule has 0 radical (unpaired) electrons. The molecule has 1 saturated heterocycles. The highest BCUT2D eigenvalue weighted by Crippen LogP contribution is 2.21. The number of rotatable bonds is 2. The lowest BCUT2D eigenvalue weighted by atomic mass is 10.2. The number of nitrogens with zero attached hydrogens (tertiary/aromatic N) is 3. The quantitative estimate of drug-likeness (QED) is 0.570. The predicted octanol–water partition coefficient (Wildman–Crippen LogP) is 0.960. The third-order valence-corrected chi connectivity index (χ3v) is 2.55. The number of amides is 3. The lowest BCUT2D eigenvalue weighted by Crippen LogP contribution is -2.33. The van der Waals surface area contributed by atoms with Crippen LogP contribution in [0.2, 0.25) is 0 Å². The van der Waals surface area contributed by atoms with Crippen molar-refractivity contribution in [2.45, 2.75) is 0 Å². The molecule has 1 aromatic rings. The molecule has 0 spiro atoms. The van der Waals surface area contributed by atoms with E-state index >= 15 is 0 Å². The Morgan fingerprint density at radius 1 is 1.39 bits per heavy atom. The van der Waals surface area contributed by atoms with Crippen LogP contribution in [-0.4, -0.2) is 29.9 Å². The topological polar surface area (TPSA) is 64.4 Å². The van der Waals surface area contributed by atoms with Crippen LogP contribution >= 0.6 is 0 Å². The minimum Gasteiger partial charge on any atom is -0.303 e. The Kier molecular flexibility index (Phi) is 2.99. The fourth-order valence-corrected chi connectivity index (χ4v) is 1.75. The Morgan fingerprint density at radius 2 is 2.17 bits per heavy atom. The van der Waals surface area contributed by atoms with Crippen LogP contribution in [0.5, 0.6) is 0 Å². The summed E-state index contributed by atoms with van der Waals surface area (Å²) in [5.74, 6) is 1.99. The van der Waals surface area contributed by atoms with Crippen molar-refractivity contribution in [3.63, 3.8) is 0 Å². The van der Waals surface area contributed by atoms with Crippen LogP contribution in [0.3, 0.4) is 0 Å². The SMILES string of the molecule is C#CCN1CC(=O)N(c2cccc(C#N)c2)C1=O. The molecule has 0 saturated carbocycles. The van der Waals surface area contributed by atoms with Gasteiger partial charge in [0.05, 0.1) is 23.9 Å². The monoisotopic (exact) mass is 239 g/mol. The van der Waals surface area contributed by atoms with Crippen molar-refractivity contribution >= 4 is 17.6 Å². The van der Waals surface area contributed by atoms with Gasteiger partial charge in [-0.15, -0.1) is 6.42 Å². The van der Waals surface area contributed by atoms with E-state index in [4.69, 9.17) is 11.7 Å². The van der Waals surface area contributed by atoms with Gasteiger partial charge >= 0.3 is 6.03 Å². The normalized spacial score (nSPS) is 14.6. The molecule has 0 aromatic heterocycles. The summed E-state index contributed by atoms with van der Waals surface area (Å²) in [6.45, 7) is 0.0683. The van der Waals surface area contributed by atoms with Gasteiger partial charge in [0.2, 0.25) is 0 Å². The van der Waals surface area contributed by atoms with Crippen LogP contribution < -0.4 is 4.90 Å². The van der Waals surface area contributed by atoms with Gasteiger partial charge in [0.1, 0.15) is 6.54 Å². The molecule has 1 fully saturated rings. The highest BCUT2D eigenvalue weighted by atomic mass is 16.2. The molecule has 2 rings (SSSR count). The third kappa shape index (κ3) is 1.90. The van der Waals surface area contributed by atoms with E-state index in [9.17, 15) is 9.59 Å². The van der Waals surface area contributed by atoms with Gasteiger partial charge in [-0.25, -0.2) is 9.69 Å². The number of hydrogen-bond donors (Lipinski definition) is 0. The van der Waals surface area contributed by atoms with Crippen molar-refractivity contribution in [1.82, 2.24) is 4.90 Å². The second-order valence-corrected chi connectivity index (χ2v) is 3.73. The van der Waals surface area contributed by atoms with Crippen molar-refractivity contribution in [3.05, 3.63) is 29.8 Å². The maximum absolute atomic E-state index is 12.0. The van der Waals surface area contributed by atoms with Crippen LogP contribution in [0.4, 0.5) is 10.5 Å². The summed E-state index contributed by atoms with van der Waals surface area (Å²) in [5.41, 5.74) is 0.784. The molecule has 1 heterocycles. The Hall–Kier alpha value is -2.79. The maximum atomic E-state index is 12.0. The average molecular weight is 239 g/mol. The predicted molar refractivity (Wildman–Crippen MR) is 64.4 cm³/mol. The number of urea groups is 1. The van der Waals surface area contributed by atoms with Crippen LogP contribution in [0.25, 0.3) is 0 Å². The van der Waals surface area contributed by atoms with E-state index in [0.717, 1.165) is 4.90 Å². The molecule has 1 aliphatic heterocycles. The minimum atomic E-state index is -0.451. The third-order valence-electron chi connectivity index (χ3n) is 2.55. The van der Waals surface area contributed by atoms with Gasteiger partial charge in [-0.3, -0.25) is 4.79 Å². The Balaban J connectivity index is 2.34. The van der Waals surface area contributed by atoms with Gasteiger partial charge in [0.15, 0.2) is 0 Å². The molecule has 18 heavy (non-hydrogen) atoms. The highest BCUT2D eigenvalue weighted by molar-refractivity contribution is 6.19. The van der Waals surface area contributed by atoms with Gasteiger partial charge in [-0.05, 0) is 18.2 Å². The average Bonchev–Trinajstić information content (AvgIpc) is 2.65. The summed E-state index contributed by atoms with van der Waals surface area (Å²) in [7, 11) is 0. The van der Waals surface area contributed by atoms with E-state index in [1.807, 2.05) is 6.07 Å². The molecule has 3 amide bonds. The number of imide groups is 1. The second-order valence-electron chi connectivity index (χ2n) is 3.73. The number of terminal acetylenes is 1. The summed E-state index contributed by atoms with van der Waals surface area (Å²) >= 11 is 0. The van der Waals surface area contributed by atoms with Gasteiger partial charge < -0.3 is 4.90 Å². The molecule has 0 unspecified atom stereocenters. The second kappa shape index (κ2) is 4.60.